The number of hydrogen-bond donors (Lipinski definition) is 0. The van der Waals surface area contributed by atoms with E-state index in [9.17, 15) is 4.79 Å². The molecule has 2 aromatic heterocycles. The molecule has 0 saturated heterocycles. The van der Waals surface area contributed by atoms with Crippen LogP contribution in [0.25, 0.3) is 0 Å². The van der Waals surface area contributed by atoms with Crippen LogP contribution in [0.2, 0.25) is 0 Å². The van der Waals surface area contributed by atoms with Crippen molar-refractivity contribution in [2.75, 3.05) is 14.2 Å². The number of pyridine rings is 1. The van der Waals surface area contributed by atoms with Gasteiger partial charge < -0.3 is 9.47 Å². The lowest BCUT2D eigenvalue weighted by molar-refractivity contribution is 0.348. The second kappa shape index (κ2) is 6.21. The summed E-state index contributed by atoms with van der Waals surface area (Å²) in [6.07, 6.45) is 3.13. The number of methoxy groups -OCH3 is 2. The maximum Gasteiger partial charge on any atom is 0.267 e. The van der Waals surface area contributed by atoms with Crippen molar-refractivity contribution in [1.82, 2.24) is 14.5 Å². The van der Waals surface area contributed by atoms with Gasteiger partial charge in [0.2, 0.25) is 0 Å². The third kappa shape index (κ3) is 2.77. The molecule has 2 rings (SSSR count). The van der Waals surface area contributed by atoms with Crippen LogP contribution >= 0.6 is 22.6 Å². The minimum absolute atomic E-state index is 0.0928. The predicted octanol–water partition coefficient (Wildman–Crippen LogP) is 1.62. The van der Waals surface area contributed by atoms with Crippen LogP contribution in [0.1, 0.15) is 11.4 Å². The first-order valence-electron chi connectivity index (χ1n) is 5.86. The van der Waals surface area contributed by atoms with E-state index in [4.69, 9.17) is 9.47 Å². The highest BCUT2D eigenvalue weighted by Crippen LogP contribution is 2.29. The zero-order chi connectivity index (χ0) is 14.7. The van der Waals surface area contributed by atoms with Crippen molar-refractivity contribution in [1.29, 1.82) is 0 Å². The van der Waals surface area contributed by atoms with E-state index < -0.39 is 0 Å². The quantitative estimate of drug-likeness (QED) is 0.746. The van der Waals surface area contributed by atoms with Gasteiger partial charge in [0.1, 0.15) is 5.69 Å². The number of halogens is 1. The van der Waals surface area contributed by atoms with E-state index in [0.29, 0.717) is 20.8 Å². The molecule has 0 unspecified atom stereocenters. The van der Waals surface area contributed by atoms with Crippen LogP contribution < -0.4 is 15.0 Å². The van der Waals surface area contributed by atoms with Crippen molar-refractivity contribution in [3.8, 4) is 11.5 Å². The van der Waals surface area contributed by atoms with Gasteiger partial charge in [-0.25, -0.2) is 4.98 Å². The summed E-state index contributed by atoms with van der Waals surface area (Å²) >= 11 is 2.00. The Morgan fingerprint density at radius 2 is 2.05 bits per heavy atom. The normalized spacial score (nSPS) is 10.4. The van der Waals surface area contributed by atoms with Crippen LogP contribution in [-0.2, 0) is 6.54 Å². The molecular weight excluding hydrogens is 373 g/mol. The number of rotatable bonds is 4. The summed E-state index contributed by atoms with van der Waals surface area (Å²) in [4.78, 5) is 20.6. The molecule has 2 aromatic rings. The SMILES string of the molecule is COc1ccnc(Cn2cnc(C)c(I)c2=O)c1OC. The molecule has 0 N–H and O–H groups in total. The minimum Gasteiger partial charge on any atom is -0.493 e. The molecule has 0 aromatic carbocycles. The first-order valence-corrected chi connectivity index (χ1v) is 6.93. The number of ether oxygens (including phenoxy) is 2. The summed E-state index contributed by atoms with van der Waals surface area (Å²) in [5, 5.41) is 0. The highest BCUT2D eigenvalue weighted by atomic mass is 127. The molecule has 0 aliphatic heterocycles. The highest BCUT2D eigenvalue weighted by molar-refractivity contribution is 14.1. The second-order valence-corrected chi connectivity index (χ2v) is 5.15. The lowest BCUT2D eigenvalue weighted by Gasteiger charge is -2.12. The molecule has 0 saturated carbocycles. The van der Waals surface area contributed by atoms with Crippen molar-refractivity contribution >= 4 is 22.6 Å². The zero-order valence-electron chi connectivity index (χ0n) is 11.4. The van der Waals surface area contributed by atoms with Crippen LogP contribution in [0.5, 0.6) is 11.5 Å². The standard InChI is InChI=1S/C13H14IN3O3/c1-8-11(14)13(18)17(7-16-8)6-9-12(20-3)10(19-2)4-5-15-9/h4-5,7H,6H2,1-3H3. The first-order chi connectivity index (χ1) is 9.58. The van der Waals surface area contributed by atoms with Crippen LogP contribution in [0.4, 0.5) is 0 Å². The topological polar surface area (TPSA) is 66.2 Å². The molecule has 0 atom stereocenters. The maximum absolute atomic E-state index is 12.2. The van der Waals surface area contributed by atoms with Crippen LogP contribution in [0, 0.1) is 10.5 Å². The Hall–Kier alpha value is -1.64. The molecule has 6 nitrogen and oxygen atoms in total. The second-order valence-electron chi connectivity index (χ2n) is 4.07. The van der Waals surface area contributed by atoms with Gasteiger partial charge in [-0.2, -0.15) is 0 Å². The Bertz CT molecular complexity index is 685. The van der Waals surface area contributed by atoms with Gasteiger partial charge in [0.15, 0.2) is 11.5 Å². The third-order valence-electron chi connectivity index (χ3n) is 2.84. The molecule has 0 fully saturated rings. The number of aryl methyl sites for hydroxylation is 1. The van der Waals surface area contributed by atoms with Crippen LogP contribution in [0.3, 0.4) is 0 Å². The third-order valence-corrected chi connectivity index (χ3v) is 4.09. The van der Waals surface area contributed by atoms with Gasteiger partial charge in [0.25, 0.3) is 5.56 Å². The summed E-state index contributed by atoms with van der Waals surface area (Å²) in [5.74, 6) is 1.11. The predicted molar refractivity (Wildman–Crippen MR) is 82.4 cm³/mol. The van der Waals surface area contributed by atoms with E-state index in [1.165, 1.54) is 10.9 Å². The van der Waals surface area contributed by atoms with E-state index in [0.717, 1.165) is 5.69 Å². The van der Waals surface area contributed by atoms with E-state index in [1.54, 1.807) is 33.4 Å². The molecule has 106 valence electrons. The average molecular weight is 387 g/mol. The molecular formula is C13H14IN3O3. The van der Waals surface area contributed by atoms with E-state index in [-0.39, 0.29) is 12.1 Å². The number of aromatic nitrogens is 3. The molecule has 0 spiro atoms. The van der Waals surface area contributed by atoms with Gasteiger partial charge in [-0.05, 0) is 29.5 Å². The summed E-state index contributed by atoms with van der Waals surface area (Å²) in [6, 6.07) is 1.71. The van der Waals surface area contributed by atoms with Gasteiger partial charge in [-0.1, -0.05) is 0 Å². The molecule has 0 amide bonds. The maximum atomic E-state index is 12.2. The number of hydrogen-bond acceptors (Lipinski definition) is 5. The fourth-order valence-electron chi connectivity index (χ4n) is 1.78. The Morgan fingerprint density at radius 3 is 2.70 bits per heavy atom. The van der Waals surface area contributed by atoms with Crippen molar-refractivity contribution in [2.24, 2.45) is 0 Å². The van der Waals surface area contributed by atoms with E-state index >= 15 is 0 Å². The molecule has 2 heterocycles. The minimum atomic E-state index is -0.0928. The summed E-state index contributed by atoms with van der Waals surface area (Å²) in [5.41, 5.74) is 1.25. The summed E-state index contributed by atoms with van der Waals surface area (Å²) < 4.78 is 12.6. The van der Waals surface area contributed by atoms with Gasteiger partial charge >= 0.3 is 0 Å². The zero-order valence-corrected chi connectivity index (χ0v) is 13.5. The van der Waals surface area contributed by atoms with Crippen molar-refractivity contribution < 1.29 is 9.47 Å². The molecule has 0 bridgehead atoms. The molecule has 0 aliphatic carbocycles. The Morgan fingerprint density at radius 1 is 1.30 bits per heavy atom. The Kier molecular flexibility index (Phi) is 4.58. The van der Waals surface area contributed by atoms with Crippen molar-refractivity contribution in [3.05, 3.63) is 43.9 Å². The molecule has 0 radical (unpaired) electrons. The van der Waals surface area contributed by atoms with Gasteiger partial charge in [0, 0.05) is 12.3 Å². The lowest BCUT2D eigenvalue weighted by Crippen LogP contribution is -2.25. The Labute approximate surface area is 129 Å². The summed E-state index contributed by atoms with van der Waals surface area (Å²) in [6.45, 7) is 2.08. The smallest absolute Gasteiger partial charge is 0.267 e. The van der Waals surface area contributed by atoms with Gasteiger partial charge in [-0.15, -0.1) is 0 Å². The fraction of sp³-hybridized carbons (Fsp3) is 0.308. The Balaban J connectivity index is 2.45. The number of nitrogens with zero attached hydrogens (tertiary/aromatic N) is 3. The monoisotopic (exact) mass is 387 g/mol. The molecule has 0 aliphatic rings. The van der Waals surface area contributed by atoms with Gasteiger partial charge in [0.05, 0.1) is 36.4 Å². The van der Waals surface area contributed by atoms with Crippen LogP contribution in [-0.4, -0.2) is 28.8 Å². The average Bonchev–Trinajstić information content (AvgIpc) is 2.47. The van der Waals surface area contributed by atoms with E-state index in [1.807, 2.05) is 22.6 Å². The van der Waals surface area contributed by atoms with E-state index in [2.05, 4.69) is 9.97 Å². The van der Waals surface area contributed by atoms with Gasteiger partial charge in [-0.3, -0.25) is 14.3 Å². The first kappa shape index (κ1) is 14.8. The largest absolute Gasteiger partial charge is 0.493 e. The molecule has 20 heavy (non-hydrogen) atoms. The highest BCUT2D eigenvalue weighted by Gasteiger charge is 2.13. The fourth-order valence-corrected chi connectivity index (χ4v) is 2.23. The van der Waals surface area contributed by atoms with Crippen LogP contribution in [0.15, 0.2) is 23.4 Å². The van der Waals surface area contributed by atoms with Crippen molar-refractivity contribution in [3.63, 3.8) is 0 Å². The lowest BCUT2D eigenvalue weighted by atomic mass is 10.3. The van der Waals surface area contributed by atoms with Crippen molar-refractivity contribution in [2.45, 2.75) is 13.5 Å². The molecule has 7 heteroatoms. The summed E-state index contributed by atoms with van der Waals surface area (Å²) in [7, 11) is 3.10.